The number of nitrogens with one attached hydrogen (secondary N) is 1. The Balaban J connectivity index is 1.85. The summed E-state index contributed by atoms with van der Waals surface area (Å²) in [4.78, 5) is 12.3. The lowest BCUT2D eigenvalue weighted by atomic mass is 9.99. The predicted molar refractivity (Wildman–Crippen MR) is 97.7 cm³/mol. The van der Waals surface area contributed by atoms with E-state index in [1.165, 1.54) is 16.2 Å². The third kappa shape index (κ3) is 3.32. The van der Waals surface area contributed by atoms with Crippen LogP contribution in [0.4, 0.5) is 0 Å². The molecule has 0 saturated carbocycles. The first-order valence-electron chi connectivity index (χ1n) is 7.75. The summed E-state index contributed by atoms with van der Waals surface area (Å²) in [6, 6.07) is 18.4. The molecule has 0 fully saturated rings. The summed E-state index contributed by atoms with van der Waals surface area (Å²) in [5.41, 5.74) is 0.736. The molecule has 0 radical (unpaired) electrons. The van der Waals surface area contributed by atoms with Crippen LogP contribution in [0.25, 0.3) is 21.5 Å². The van der Waals surface area contributed by atoms with E-state index in [2.05, 4.69) is 29.6 Å². The zero-order valence-corrected chi connectivity index (χ0v) is 13.1. The molecule has 0 aromatic heterocycles. The molecule has 0 unspecified atom stereocenters. The van der Waals surface area contributed by atoms with E-state index >= 15 is 0 Å². The third-order valence-corrected chi connectivity index (χ3v) is 3.85. The number of carbonyl (C=O) groups is 1. The average Bonchev–Trinajstić information content (AvgIpc) is 2.60. The van der Waals surface area contributed by atoms with Gasteiger partial charge in [0.25, 0.3) is 0 Å². The van der Waals surface area contributed by atoms with Crippen molar-refractivity contribution in [2.75, 3.05) is 6.54 Å². The molecule has 0 aliphatic carbocycles. The molecule has 114 valence electrons. The molecule has 0 bridgehead atoms. The number of rotatable bonds is 5. The van der Waals surface area contributed by atoms with Crippen LogP contribution < -0.4 is 5.32 Å². The van der Waals surface area contributed by atoms with E-state index in [-0.39, 0.29) is 5.78 Å². The molecule has 0 amide bonds. The Morgan fingerprint density at radius 2 is 1.74 bits per heavy atom. The van der Waals surface area contributed by atoms with Gasteiger partial charge in [-0.1, -0.05) is 60.7 Å². The summed E-state index contributed by atoms with van der Waals surface area (Å²) in [5.74, 6) is 0.0881. The molecule has 23 heavy (non-hydrogen) atoms. The highest BCUT2D eigenvalue weighted by Crippen LogP contribution is 2.26. The number of Topliss-reactive ketones (excluding diaryl/α,β-unsaturated/α-hetero) is 1. The van der Waals surface area contributed by atoms with E-state index < -0.39 is 0 Å². The number of hydrogen-bond acceptors (Lipinski definition) is 2. The molecule has 3 aromatic rings. The van der Waals surface area contributed by atoms with E-state index in [9.17, 15) is 4.79 Å². The topological polar surface area (TPSA) is 29.1 Å². The Labute approximate surface area is 136 Å². The molecule has 3 rings (SSSR count). The SMILES string of the molecule is C/C=C\C=C/NCC(=O)c1ccc2c(ccc3ccccc32)c1. The second kappa shape index (κ2) is 6.93. The highest BCUT2D eigenvalue weighted by atomic mass is 16.1. The van der Waals surface area contributed by atoms with Crippen molar-refractivity contribution in [2.45, 2.75) is 6.92 Å². The molecule has 0 heterocycles. The summed E-state index contributed by atoms with van der Waals surface area (Å²) >= 11 is 0. The quantitative estimate of drug-likeness (QED) is 0.414. The first-order chi connectivity index (χ1) is 11.3. The number of allylic oxidation sites excluding steroid dienone is 3. The lowest BCUT2D eigenvalue weighted by Crippen LogP contribution is -2.17. The standard InChI is InChI=1S/C21H19NO/c1-2-3-6-13-22-15-21(23)18-11-12-20-17(14-18)10-9-16-7-4-5-8-19(16)20/h2-14,22H,15H2,1H3/b3-2-,13-6-. The Morgan fingerprint density at radius 1 is 0.957 bits per heavy atom. The van der Waals surface area contributed by atoms with E-state index in [1.807, 2.05) is 55.5 Å². The Morgan fingerprint density at radius 3 is 2.61 bits per heavy atom. The van der Waals surface area contributed by atoms with Gasteiger partial charge < -0.3 is 5.32 Å². The average molecular weight is 301 g/mol. The van der Waals surface area contributed by atoms with Crippen molar-refractivity contribution in [3.05, 3.63) is 84.6 Å². The van der Waals surface area contributed by atoms with Crippen LogP contribution in [0.15, 0.2) is 79.0 Å². The van der Waals surface area contributed by atoms with Gasteiger partial charge in [-0.05, 0) is 46.8 Å². The van der Waals surface area contributed by atoms with Crippen molar-refractivity contribution >= 4 is 27.3 Å². The van der Waals surface area contributed by atoms with Gasteiger partial charge in [0.2, 0.25) is 0 Å². The van der Waals surface area contributed by atoms with E-state index in [1.54, 1.807) is 6.20 Å². The van der Waals surface area contributed by atoms with Crippen molar-refractivity contribution < 1.29 is 4.79 Å². The van der Waals surface area contributed by atoms with Gasteiger partial charge in [-0.25, -0.2) is 0 Å². The Bertz CT molecular complexity index is 906. The van der Waals surface area contributed by atoms with E-state index in [0.29, 0.717) is 6.54 Å². The first-order valence-corrected chi connectivity index (χ1v) is 7.75. The Kier molecular flexibility index (Phi) is 4.53. The fourth-order valence-corrected chi connectivity index (χ4v) is 2.67. The van der Waals surface area contributed by atoms with Crippen molar-refractivity contribution in [3.63, 3.8) is 0 Å². The minimum Gasteiger partial charge on any atom is -0.383 e. The van der Waals surface area contributed by atoms with Crippen LogP contribution in [0.2, 0.25) is 0 Å². The molecular formula is C21H19NO. The number of carbonyl (C=O) groups excluding carboxylic acids is 1. The Hall–Kier alpha value is -2.87. The zero-order valence-electron chi connectivity index (χ0n) is 13.1. The van der Waals surface area contributed by atoms with Gasteiger partial charge >= 0.3 is 0 Å². The largest absolute Gasteiger partial charge is 0.383 e. The molecule has 0 atom stereocenters. The van der Waals surface area contributed by atoms with Crippen LogP contribution in [-0.2, 0) is 0 Å². The van der Waals surface area contributed by atoms with Gasteiger partial charge in [0.1, 0.15) is 0 Å². The minimum atomic E-state index is 0.0881. The lowest BCUT2D eigenvalue weighted by molar-refractivity contribution is 0.0995. The molecule has 1 N–H and O–H groups in total. The number of benzene rings is 3. The molecule has 2 heteroatoms. The van der Waals surface area contributed by atoms with Gasteiger partial charge in [-0.3, -0.25) is 4.79 Å². The van der Waals surface area contributed by atoms with Crippen molar-refractivity contribution in [1.29, 1.82) is 0 Å². The molecular weight excluding hydrogens is 282 g/mol. The van der Waals surface area contributed by atoms with Crippen LogP contribution >= 0.6 is 0 Å². The highest BCUT2D eigenvalue weighted by molar-refractivity contribution is 6.10. The van der Waals surface area contributed by atoms with Crippen LogP contribution in [0.3, 0.4) is 0 Å². The van der Waals surface area contributed by atoms with Crippen molar-refractivity contribution in [1.82, 2.24) is 5.32 Å². The molecule has 0 saturated heterocycles. The zero-order chi connectivity index (χ0) is 16.1. The van der Waals surface area contributed by atoms with Gasteiger partial charge in [0, 0.05) is 5.56 Å². The van der Waals surface area contributed by atoms with Crippen LogP contribution in [0.5, 0.6) is 0 Å². The smallest absolute Gasteiger partial charge is 0.181 e. The molecule has 0 aliphatic heterocycles. The summed E-state index contributed by atoms with van der Waals surface area (Å²) in [5, 5.41) is 7.73. The molecule has 2 nitrogen and oxygen atoms in total. The monoisotopic (exact) mass is 301 g/mol. The van der Waals surface area contributed by atoms with Gasteiger partial charge in [-0.2, -0.15) is 0 Å². The maximum Gasteiger partial charge on any atom is 0.181 e. The second-order valence-corrected chi connectivity index (χ2v) is 5.41. The van der Waals surface area contributed by atoms with Crippen molar-refractivity contribution in [3.8, 4) is 0 Å². The van der Waals surface area contributed by atoms with Gasteiger partial charge in [0.05, 0.1) is 6.54 Å². The first kappa shape index (κ1) is 15.0. The van der Waals surface area contributed by atoms with E-state index in [0.717, 1.165) is 10.9 Å². The van der Waals surface area contributed by atoms with Crippen LogP contribution in [-0.4, -0.2) is 12.3 Å². The van der Waals surface area contributed by atoms with E-state index in [4.69, 9.17) is 0 Å². The third-order valence-electron chi connectivity index (χ3n) is 3.85. The highest BCUT2D eigenvalue weighted by Gasteiger charge is 2.07. The normalized spacial score (nSPS) is 11.7. The second-order valence-electron chi connectivity index (χ2n) is 5.41. The maximum atomic E-state index is 12.3. The fourth-order valence-electron chi connectivity index (χ4n) is 2.67. The summed E-state index contributed by atoms with van der Waals surface area (Å²) < 4.78 is 0. The fraction of sp³-hybridized carbons (Fsp3) is 0.0952. The maximum absolute atomic E-state index is 12.3. The molecule has 0 aliphatic rings. The number of hydrogen-bond donors (Lipinski definition) is 1. The summed E-state index contributed by atoms with van der Waals surface area (Å²) in [7, 11) is 0. The lowest BCUT2D eigenvalue weighted by Gasteiger charge is -2.06. The summed E-state index contributed by atoms with van der Waals surface area (Å²) in [6.45, 7) is 2.25. The predicted octanol–water partition coefficient (Wildman–Crippen LogP) is 4.86. The van der Waals surface area contributed by atoms with Crippen LogP contribution in [0, 0.1) is 0 Å². The number of ketones is 1. The minimum absolute atomic E-state index is 0.0881. The van der Waals surface area contributed by atoms with Gasteiger partial charge in [-0.15, -0.1) is 0 Å². The van der Waals surface area contributed by atoms with Crippen molar-refractivity contribution in [2.24, 2.45) is 0 Å². The molecule has 3 aromatic carbocycles. The molecule has 0 spiro atoms. The summed E-state index contributed by atoms with van der Waals surface area (Å²) in [6.07, 6.45) is 7.51. The van der Waals surface area contributed by atoms with Gasteiger partial charge in [0.15, 0.2) is 5.78 Å². The number of fused-ring (bicyclic) bond motifs is 3. The van der Waals surface area contributed by atoms with Crippen LogP contribution in [0.1, 0.15) is 17.3 Å².